The van der Waals surface area contributed by atoms with Gasteiger partial charge in [-0.3, -0.25) is 9.59 Å². The zero-order valence-corrected chi connectivity index (χ0v) is 13.1. The summed E-state index contributed by atoms with van der Waals surface area (Å²) in [5.41, 5.74) is 5.21. The number of methoxy groups -OCH3 is 1. The van der Waals surface area contributed by atoms with Gasteiger partial charge >= 0.3 is 5.97 Å². The molecular formula is C14H23N3O4. The van der Waals surface area contributed by atoms with Gasteiger partial charge in [-0.1, -0.05) is 20.8 Å². The molecule has 0 aliphatic carbocycles. The zero-order chi connectivity index (χ0) is 16.2. The number of nitrogen functional groups attached to an aromatic ring is 1. The summed E-state index contributed by atoms with van der Waals surface area (Å²) in [7, 11) is 1.54. The molecule has 7 nitrogen and oxygen atoms in total. The van der Waals surface area contributed by atoms with Gasteiger partial charge in [-0.15, -0.1) is 0 Å². The number of H-pyrrole nitrogens is 1. The Labute approximate surface area is 123 Å². The first-order valence-corrected chi connectivity index (χ1v) is 6.77. The molecule has 0 amide bonds. The molecule has 3 N–H and O–H groups in total. The number of nitrogens with two attached hydrogens (primary N) is 1. The van der Waals surface area contributed by atoms with Crippen LogP contribution in [0.2, 0.25) is 0 Å². The van der Waals surface area contributed by atoms with Crippen LogP contribution in [0.4, 0.5) is 5.82 Å². The van der Waals surface area contributed by atoms with Gasteiger partial charge in [-0.25, -0.2) is 4.98 Å². The van der Waals surface area contributed by atoms with Gasteiger partial charge in [-0.2, -0.15) is 0 Å². The molecule has 0 aliphatic heterocycles. The van der Waals surface area contributed by atoms with Crippen LogP contribution in [-0.4, -0.2) is 29.7 Å². The number of carbonyl (C=O) groups is 1. The van der Waals surface area contributed by atoms with Gasteiger partial charge in [-0.05, 0) is 12.3 Å². The Bertz CT molecular complexity index is 560. The Hall–Kier alpha value is -1.89. The second kappa shape index (κ2) is 6.71. The lowest BCUT2D eigenvalue weighted by Gasteiger charge is -2.28. The van der Waals surface area contributed by atoms with E-state index in [1.807, 2.05) is 20.8 Å². The van der Waals surface area contributed by atoms with Crippen LogP contribution < -0.4 is 11.3 Å². The summed E-state index contributed by atoms with van der Waals surface area (Å²) in [6, 6.07) is 0. The molecule has 1 aromatic heterocycles. The fraction of sp³-hybridized carbons (Fsp3) is 0.643. The van der Waals surface area contributed by atoms with Gasteiger partial charge in [0.15, 0.2) is 0 Å². The third-order valence-electron chi connectivity index (χ3n) is 2.96. The van der Waals surface area contributed by atoms with Gasteiger partial charge in [0.2, 0.25) is 0 Å². The molecule has 0 saturated carbocycles. The number of carbonyl (C=O) groups excluding carboxylic acids is 1. The molecule has 1 heterocycles. The van der Waals surface area contributed by atoms with Crippen molar-refractivity contribution >= 4 is 11.8 Å². The smallest absolute Gasteiger partial charge is 0.310 e. The van der Waals surface area contributed by atoms with Crippen molar-refractivity contribution in [2.45, 2.75) is 40.2 Å². The number of hydrogen-bond acceptors (Lipinski definition) is 6. The standard InChI is InChI=1S/C14H23N3O4/c1-6-21-9(18)7-8-11(15)16-12(17-13(8)19)10(20-5)14(2,3)4/h10H,6-7H2,1-5H3,(H3,15,16,17,19). The second-order valence-corrected chi connectivity index (χ2v) is 5.78. The van der Waals surface area contributed by atoms with Crippen LogP contribution in [0, 0.1) is 5.41 Å². The minimum Gasteiger partial charge on any atom is -0.466 e. The van der Waals surface area contributed by atoms with Gasteiger partial charge in [0.05, 0.1) is 18.6 Å². The van der Waals surface area contributed by atoms with Crippen LogP contribution in [-0.2, 0) is 20.7 Å². The van der Waals surface area contributed by atoms with E-state index in [0.29, 0.717) is 5.82 Å². The first-order valence-electron chi connectivity index (χ1n) is 6.77. The van der Waals surface area contributed by atoms with Crippen LogP contribution in [0.25, 0.3) is 0 Å². The number of rotatable bonds is 5. The van der Waals surface area contributed by atoms with Crippen LogP contribution in [0.1, 0.15) is 45.2 Å². The van der Waals surface area contributed by atoms with Gasteiger partial charge in [0.25, 0.3) is 5.56 Å². The third-order valence-corrected chi connectivity index (χ3v) is 2.96. The summed E-state index contributed by atoms with van der Waals surface area (Å²) in [6.45, 7) is 7.83. The number of ether oxygens (including phenoxy) is 2. The first-order chi connectivity index (χ1) is 9.70. The number of esters is 1. The highest BCUT2D eigenvalue weighted by molar-refractivity contribution is 5.74. The number of nitrogens with one attached hydrogen (secondary N) is 1. The lowest BCUT2D eigenvalue weighted by atomic mass is 9.88. The number of hydrogen-bond donors (Lipinski definition) is 2. The van der Waals surface area contributed by atoms with E-state index in [0.717, 1.165) is 0 Å². The predicted molar refractivity (Wildman–Crippen MR) is 78.8 cm³/mol. The molecule has 0 aromatic carbocycles. The van der Waals surface area contributed by atoms with E-state index < -0.39 is 17.6 Å². The summed E-state index contributed by atoms with van der Waals surface area (Å²) in [4.78, 5) is 30.4. The van der Waals surface area contributed by atoms with Crippen LogP contribution in [0.5, 0.6) is 0 Å². The molecule has 118 valence electrons. The Balaban J connectivity index is 3.16. The van der Waals surface area contributed by atoms with Crippen molar-refractivity contribution in [1.82, 2.24) is 9.97 Å². The molecule has 0 fully saturated rings. The maximum Gasteiger partial charge on any atom is 0.310 e. The number of anilines is 1. The van der Waals surface area contributed by atoms with Crippen molar-refractivity contribution in [3.8, 4) is 0 Å². The van der Waals surface area contributed by atoms with Crippen molar-refractivity contribution < 1.29 is 14.3 Å². The van der Waals surface area contributed by atoms with Crippen LogP contribution in [0.15, 0.2) is 4.79 Å². The molecule has 7 heteroatoms. The molecule has 1 aromatic rings. The molecule has 0 saturated heterocycles. The Kier molecular flexibility index (Phi) is 5.48. The van der Waals surface area contributed by atoms with Gasteiger partial charge in [0, 0.05) is 7.11 Å². The minimum absolute atomic E-state index is 0.0214. The summed E-state index contributed by atoms with van der Waals surface area (Å²) in [5, 5.41) is 0. The molecular weight excluding hydrogens is 274 g/mol. The molecule has 21 heavy (non-hydrogen) atoms. The summed E-state index contributed by atoms with van der Waals surface area (Å²) in [6.07, 6.45) is -0.612. The molecule has 0 spiro atoms. The highest BCUT2D eigenvalue weighted by Gasteiger charge is 2.29. The van der Waals surface area contributed by atoms with Crippen molar-refractivity contribution in [3.63, 3.8) is 0 Å². The molecule has 0 aliphatic rings. The lowest BCUT2D eigenvalue weighted by Crippen LogP contribution is -2.28. The highest BCUT2D eigenvalue weighted by atomic mass is 16.5. The fourth-order valence-corrected chi connectivity index (χ4v) is 2.06. The third kappa shape index (κ3) is 4.29. The maximum absolute atomic E-state index is 12.1. The summed E-state index contributed by atoms with van der Waals surface area (Å²) >= 11 is 0. The van der Waals surface area contributed by atoms with Crippen molar-refractivity contribution in [2.24, 2.45) is 5.41 Å². The predicted octanol–water partition coefficient (Wildman–Crippen LogP) is 1.19. The van der Waals surface area contributed by atoms with E-state index in [9.17, 15) is 9.59 Å². The van der Waals surface area contributed by atoms with E-state index in [-0.39, 0.29) is 29.8 Å². The average molecular weight is 297 g/mol. The van der Waals surface area contributed by atoms with Crippen molar-refractivity contribution in [2.75, 3.05) is 19.5 Å². The van der Waals surface area contributed by atoms with E-state index >= 15 is 0 Å². The largest absolute Gasteiger partial charge is 0.466 e. The molecule has 0 radical (unpaired) electrons. The molecule has 1 rings (SSSR count). The van der Waals surface area contributed by atoms with Crippen LogP contribution in [0.3, 0.4) is 0 Å². The highest BCUT2D eigenvalue weighted by Crippen LogP contribution is 2.33. The van der Waals surface area contributed by atoms with E-state index in [4.69, 9.17) is 15.2 Å². The van der Waals surface area contributed by atoms with Crippen molar-refractivity contribution in [1.29, 1.82) is 0 Å². The lowest BCUT2D eigenvalue weighted by molar-refractivity contribution is -0.142. The normalized spacial score (nSPS) is 13.0. The molecule has 1 atom stereocenters. The van der Waals surface area contributed by atoms with Gasteiger partial charge < -0.3 is 20.2 Å². The number of nitrogens with zero attached hydrogens (tertiary/aromatic N) is 1. The Morgan fingerprint density at radius 3 is 2.48 bits per heavy atom. The summed E-state index contributed by atoms with van der Waals surface area (Å²) in [5.74, 6) is -0.142. The monoisotopic (exact) mass is 297 g/mol. The Morgan fingerprint density at radius 1 is 1.43 bits per heavy atom. The minimum atomic E-state index is -0.511. The average Bonchev–Trinajstić information content (AvgIpc) is 2.33. The van der Waals surface area contributed by atoms with Gasteiger partial charge in [0.1, 0.15) is 17.7 Å². The topological polar surface area (TPSA) is 107 Å². The van der Waals surface area contributed by atoms with E-state index in [2.05, 4.69) is 9.97 Å². The maximum atomic E-state index is 12.1. The Morgan fingerprint density at radius 2 is 2.05 bits per heavy atom. The summed E-state index contributed by atoms with van der Waals surface area (Å²) < 4.78 is 10.2. The van der Waals surface area contributed by atoms with E-state index in [1.54, 1.807) is 14.0 Å². The SMILES string of the molecule is CCOC(=O)Cc1c(N)nc(C(OC)C(C)(C)C)[nH]c1=O. The second-order valence-electron chi connectivity index (χ2n) is 5.78. The first kappa shape index (κ1) is 17.2. The molecule has 1 unspecified atom stereocenters. The quantitative estimate of drug-likeness (QED) is 0.790. The molecule has 0 bridgehead atoms. The number of aromatic nitrogens is 2. The zero-order valence-electron chi connectivity index (χ0n) is 13.1. The van der Waals surface area contributed by atoms with Crippen molar-refractivity contribution in [3.05, 3.63) is 21.7 Å². The van der Waals surface area contributed by atoms with E-state index in [1.165, 1.54) is 0 Å². The fourth-order valence-electron chi connectivity index (χ4n) is 2.06. The van der Waals surface area contributed by atoms with Crippen LogP contribution >= 0.6 is 0 Å². The number of aromatic amines is 1.